The monoisotopic (exact) mass is 311 g/mol. The molecule has 0 saturated carbocycles. The first-order chi connectivity index (χ1) is 9.81. The van der Waals surface area contributed by atoms with Crippen LogP contribution in [0.2, 0.25) is 0 Å². The molecule has 0 saturated heterocycles. The van der Waals surface area contributed by atoms with E-state index in [1.54, 1.807) is 13.8 Å². The molecule has 116 valence electrons. The van der Waals surface area contributed by atoms with Crippen molar-refractivity contribution in [3.05, 3.63) is 16.8 Å². The van der Waals surface area contributed by atoms with Gasteiger partial charge in [-0.25, -0.2) is 12.7 Å². The summed E-state index contributed by atoms with van der Waals surface area (Å²) in [4.78, 5) is 0. The quantitative estimate of drug-likeness (QED) is 0.756. The highest BCUT2D eigenvalue weighted by atomic mass is 32.2. The van der Waals surface area contributed by atoms with Crippen LogP contribution >= 0.6 is 0 Å². The van der Waals surface area contributed by atoms with Gasteiger partial charge in [-0.2, -0.15) is 10.4 Å². The van der Waals surface area contributed by atoms with Crippen molar-refractivity contribution in [2.45, 2.75) is 27.2 Å². The molecule has 0 amide bonds. The summed E-state index contributed by atoms with van der Waals surface area (Å²) in [5.74, 6) is 0.447. The number of hydrogen-bond donors (Lipinski definition) is 1. The Morgan fingerprint density at radius 1 is 1.33 bits per heavy atom. The molecule has 1 aromatic rings. The molecule has 0 fully saturated rings. The molecule has 1 heterocycles. The van der Waals surface area contributed by atoms with Crippen LogP contribution in [-0.4, -0.2) is 48.8 Å². The van der Waals surface area contributed by atoms with E-state index in [4.69, 9.17) is 5.26 Å². The number of hydrogen-bond acceptors (Lipinski definition) is 6. The predicted molar refractivity (Wildman–Crippen MR) is 81.4 cm³/mol. The third-order valence-corrected chi connectivity index (χ3v) is 4.64. The number of aromatic nitrogens is 2. The second-order valence-corrected chi connectivity index (χ2v) is 6.76. The average molecular weight is 311 g/mol. The van der Waals surface area contributed by atoms with Gasteiger partial charge in [0, 0.05) is 19.6 Å². The Morgan fingerprint density at radius 2 is 2.00 bits per heavy atom. The standard InChI is InChI=1S/C13H21N5O2S/c1-5-18(21(4,19)20)8-6-7-15-13-12(9-14)10(2)11(3)16-17-13/h5-8H2,1-4H3,(H,15,17). The van der Waals surface area contributed by atoms with Crippen molar-refractivity contribution < 1.29 is 8.42 Å². The highest BCUT2D eigenvalue weighted by molar-refractivity contribution is 7.88. The van der Waals surface area contributed by atoms with Crippen molar-refractivity contribution in [1.82, 2.24) is 14.5 Å². The lowest BCUT2D eigenvalue weighted by molar-refractivity contribution is 0.428. The molecule has 1 N–H and O–H groups in total. The van der Waals surface area contributed by atoms with Crippen molar-refractivity contribution in [3.63, 3.8) is 0 Å². The number of rotatable bonds is 7. The van der Waals surface area contributed by atoms with Crippen molar-refractivity contribution in [3.8, 4) is 6.07 Å². The molecule has 0 aliphatic rings. The number of nitrogens with zero attached hydrogens (tertiary/aromatic N) is 4. The highest BCUT2D eigenvalue weighted by Gasteiger charge is 2.14. The third kappa shape index (κ3) is 4.65. The molecule has 0 atom stereocenters. The smallest absolute Gasteiger partial charge is 0.211 e. The van der Waals surface area contributed by atoms with E-state index in [1.165, 1.54) is 10.6 Å². The number of anilines is 1. The summed E-state index contributed by atoms with van der Waals surface area (Å²) in [7, 11) is -3.16. The van der Waals surface area contributed by atoms with Crippen molar-refractivity contribution >= 4 is 15.8 Å². The summed E-state index contributed by atoms with van der Waals surface area (Å²) in [5, 5.41) is 20.2. The van der Waals surface area contributed by atoms with Crippen molar-refractivity contribution in [1.29, 1.82) is 5.26 Å². The van der Waals surface area contributed by atoms with E-state index < -0.39 is 10.0 Å². The molecule has 0 aliphatic carbocycles. The van der Waals surface area contributed by atoms with Gasteiger partial charge < -0.3 is 5.32 Å². The summed E-state index contributed by atoms with van der Waals surface area (Å²) in [6, 6.07) is 2.12. The molecule has 1 rings (SSSR count). The molecular formula is C13H21N5O2S. The van der Waals surface area contributed by atoms with Gasteiger partial charge >= 0.3 is 0 Å². The van der Waals surface area contributed by atoms with Crippen LogP contribution in [0.1, 0.15) is 30.2 Å². The zero-order valence-electron chi connectivity index (χ0n) is 12.8. The van der Waals surface area contributed by atoms with Gasteiger partial charge in [0.15, 0.2) is 5.82 Å². The Kier molecular flexibility index (Phi) is 6.05. The number of nitrogens with one attached hydrogen (secondary N) is 1. The average Bonchev–Trinajstić information content (AvgIpc) is 2.41. The van der Waals surface area contributed by atoms with Crippen LogP contribution in [0.15, 0.2) is 0 Å². The van der Waals surface area contributed by atoms with Gasteiger partial charge in [-0.1, -0.05) is 6.92 Å². The minimum absolute atomic E-state index is 0.433. The van der Waals surface area contributed by atoms with E-state index in [0.717, 1.165) is 11.3 Å². The molecule has 0 spiro atoms. The molecule has 0 unspecified atom stereocenters. The first kappa shape index (κ1) is 17.3. The van der Waals surface area contributed by atoms with Crippen LogP contribution in [0, 0.1) is 25.2 Å². The van der Waals surface area contributed by atoms with Gasteiger partial charge in [-0.05, 0) is 25.8 Å². The molecular weight excluding hydrogens is 290 g/mol. The largest absolute Gasteiger partial charge is 0.367 e. The Morgan fingerprint density at radius 3 is 2.52 bits per heavy atom. The third-order valence-electron chi connectivity index (χ3n) is 3.26. The zero-order valence-corrected chi connectivity index (χ0v) is 13.7. The fraction of sp³-hybridized carbons (Fsp3) is 0.615. The normalized spacial score (nSPS) is 11.4. The summed E-state index contributed by atoms with van der Waals surface area (Å²) in [6.07, 6.45) is 1.83. The fourth-order valence-corrected chi connectivity index (χ4v) is 2.82. The lowest BCUT2D eigenvalue weighted by Crippen LogP contribution is -2.31. The van der Waals surface area contributed by atoms with Gasteiger partial charge in [0.2, 0.25) is 10.0 Å². The van der Waals surface area contributed by atoms with Crippen LogP contribution in [0.5, 0.6) is 0 Å². The maximum Gasteiger partial charge on any atom is 0.211 e. The van der Waals surface area contributed by atoms with E-state index in [0.29, 0.717) is 37.4 Å². The molecule has 8 heteroatoms. The Hall–Kier alpha value is -1.72. The van der Waals surface area contributed by atoms with Crippen molar-refractivity contribution in [2.75, 3.05) is 31.2 Å². The summed E-state index contributed by atoms with van der Waals surface area (Å²) in [6.45, 7) is 6.84. The number of nitriles is 1. The fourth-order valence-electron chi connectivity index (χ4n) is 1.89. The van der Waals surface area contributed by atoms with E-state index in [1.807, 2.05) is 6.92 Å². The molecule has 0 radical (unpaired) electrons. The van der Waals surface area contributed by atoms with Crippen LogP contribution < -0.4 is 5.32 Å². The van der Waals surface area contributed by atoms with Gasteiger partial charge in [0.1, 0.15) is 11.6 Å². The molecule has 7 nitrogen and oxygen atoms in total. The Balaban J connectivity index is 2.62. The minimum atomic E-state index is -3.16. The zero-order chi connectivity index (χ0) is 16.0. The maximum atomic E-state index is 11.4. The summed E-state index contributed by atoms with van der Waals surface area (Å²) >= 11 is 0. The van der Waals surface area contributed by atoms with Gasteiger partial charge in [0.25, 0.3) is 0 Å². The summed E-state index contributed by atoms with van der Waals surface area (Å²) in [5.41, 5.74) is 2.02. The van der Waals surface area contributed by atoms with Gasteiger partial charge in [0.05, 0.1) is 11.9 Å². The van der Waals surface area contributed by atoms with Crippen molar-refractivity contribution in [2.24, 2.45) is 0 Å². The molecule has 1 aromatic heterocycles. The summed E-state index contributed by atoms with van der Waals surface area (Å²) < 4.78 is 24.3. The molecule has 0 aliphatic heterocycles. The van der Waals surface area contributed by atoms with Crippen LogP contribution in [0.3, 0.4) is 0 Å². The molecule has 21 heavy (non-hydrogen) atoms. The highest BCUT2D eigenvalue weighted by Crippen LogP contribution is 2.16. The van der Waals surface area contributed by atoms with Gasteiger partial charge in [-0.15, -0.1) is 5.10 Å². The van der Waals surface area contributed by atoms with Crippen LogP contribution in [0.4, 0.5) is 5.82 Å². The maximum absolute atomic E-state index is 11.4. The number of aryl methyl sites for hydroxylation is 1. The predicted octanol–water partition coefficient (Wildman–Crippen LogP) is 1.05. The van der Waals surface area contributed by atoms with Crippen LogP contribution in [0.25, 0.3) is 0 Å². The molecule has 0 aromatic carbocycles. The van der Waals surface area contributed by atoms with Crippen LogP contribution in [-0.2, 0) is 10.0 Å². The van der Waals surface area contributed by atoms with E-state index in [-0.39, 0.29) is 0 Å². The lowest BCUT2D eigenvalue weighted by atomic mass is 10.1. The topological polar surface area (TPSA) is 99.0 Å². The van der Waals surface area contributed by atoms with E-state index in [9.17, 15) is 8.42 Å². The van der Waals surface area contributed by atoms with E-state index in [2.05, 4.69) is 21.6 Å². The van der Waals surface area contributed by atoms with E-state index >= 15 is 0 Å². The lowest BCUT2D eigenvalue weighted by Gasteiger charge is -2.17. The second kappa shape index (κ2) is 7.33. The minimum Gasteiger partial charge on any atom is -0.367 e. The first-order valence-electron chi connectivity index (χ1n) is 6.74. The Bertz CT molecular complexity index is 637. The van der Waals surface area contributed by atoms with Gasteiger partial charge in [-0.3, -0.25) is 0 Å². The first-order valence-corrected chi connectivity index (χ1v) is 8.59. The number of sulfonamides is 1. The molecule has 0 bridgehead atoms. The Labute approximate surface area is 126 Å². The second-order valence-electron chi connectivity index (χ2n) is 4.78. The SMILES string of the molecule is CCN(CCCNc1nnc(C)c(C)c1C#N)S(C)(=O)=O.